The van der Waals surface area contributed by atoms with Crippen LogP contribution in [0.25, 0.3) is 0 Å². The lowest BCUT2D eigenvalue weighted by atomic mass is 10.0. The molecule has 1 atom stereocenters. The topological polar surface area (TPSA) is 3.24 Å². The molecule has 88 valence electrons. The molecule has 0 bridgehead atoms. The Bertz CT molecular complexity index is 179. The Hall–Kier alpha value is -0.720. The first-order chi connectivity index (χ1) is 7.13. The molecule has 0 N–H and O–H groups in total. The molecule has 0 aromatic heterocycles. The largest absolute Gasteiger partial charge is 0.369 e. The summed E-state index contributed by atoms with van der Waals surface area (Å²) < 4.78 is 0. The zero-order valence-corrected chi connectivity index (χ0v) is 11.2. The molecule has 0 spiro atoms. The molecular formula is C14H27N. The molecule has 0 saturated heterocycles. The maximum atomic E-state index is 2.44. The lowest BCUT2D eigenvalue weighted by Gasteiger charge is -2.34. The van der Waals surface area contributed by atoms with E-state index >= 15 is 0 Å². The lowest BCUT2D eigenvalue weighted by Crippen LogP contribution is -2.37. The van der Waals surface area contributed by atoms with Crippen molar-refractivity contribution in [1.82, 2.24) is 4.90 Å². The third-order valence-electron chi connectivity index (χ3n) is 2.51. The zero-order chi connectivity index (χ0) is 11.8. The van der Waals surface area contributed by atoms with Crippen LogP contribution >= 0.6 is 0 Å². The summed E-state index contributed by atoms with van der Waals surface area (Å²) in [6.45, 7) is 13.1. The van der Waals surface area contributed by atoms with Gasteiger partial charge in [0.1, 0.15) is 0 Å². The Labute approximate surface area is 95.9 Å². The molecule has 0 saturated carbocycles. The number of hydrogen-bond acceptors (Lipinski definition) is 1. The third kappa shape index (κ3) is 4.55. The van der Waals surface area contributed by atoms with Gasteiger partial charge in [0.05, 0.1) is 0 Å². The van der Waals surface area contributed by atoms with Crippen molar-refractivity contribution >= 4 is 0 Å². The van der Waals surface area contributed by atoms with Crippen LogP contribution in [0.1, 0.15) is 48.0 Å². The molecule has 1 unspecified atom stereocenters. The van der Waals surface area contributed by atoms with Crippen molar-refractivity contribution in [2.75, 3.05) is 0 Å². The highest BCUT2D eigenvalue weighted by molar-refractivity contribution is 5.07. The van der Waals surface area contributed by atoms with Crippen molar-refractivity contribution < 1.29 is 0 Å². The zero-order valence-electron chi connectivity index (χ0n) is 11.2. The summed E-state index contributed by atoms with van der Waals surface area (Å²) in [6, 6.07) is 1.16. The number of hydrogen-bond donors (Lipinski definition) is 0. The molecule has 0 fully saturated rings. The van der Waals surface area contributed by atoms with Crippen molar-refractivity contribution in [3.8, 4) is 0 Å². The third-order valence-corrected chi connectivity index (χ3v) is 2.51. The highest BCUT2D eigenvalue weighted by atomic mass is 15.2. The number of allylic oxidation sites excluding steroid dienone is 2. The summed E-state index contributed by atoms with van der Waals surface area (Å²) in [5.41, 5.74) is 0. The Balaban J connectivity index is 0.000000921. The molecule has 1 nitrogen and oxygen atoms in total. The Kier molecular flexibility index (Phi) is 7.19. The minimum absolute atomic E-state index is 0.568. The van der Waals surface area contributed by atoms with E-state index in [1.807, 2.05) is 13.8 Å². The fraction of sp³-hybridized carbons (Fsp3) is 0.714. The summed E-state index contributed by atoms with van der Waals surface area (Å²) in [6.07, 6.45) is 10.2. The fourth-order valence-electron chi connectivity index (χ4n) is 1.76. The molecular weight excluding hydrogens is 182 g/mol. The smallest absolute Gasteiger partial charge is 0.0493 e. The molecule has 1 heterocycles. The molecule has 1 rings (SSSR count). The highest BCUT2D eigenvalue weighted by Crippen LogP contribution is 2.18. The van der Waals surface area contributed by atoms with Crippen LogP contribution in [0, 0.1) is 5.92 Å². The van der Waals surface area contributed by atoms with E-state index in [0.717, 1.165) is 6.42 Å². The van der Waals surface area contributed by atoms with Crippen LogP contribution in [0.5, 0.6) is 0 Å². The van der Waals surface area contributed by atoms with Gasteiger partial charge in [-0.1, -0.05) is 45.9 Å². The second-order valence-corrected chi connectivity index (χ2v) is 4.32. The minimum atomic E-state index is 0.568. The highest BCUT2D eigenvalue weighted by Gasteiger charge is 2.19. The Morgan fingerprint density at radius 3 is 2.13 bits per heavy atom. The van der Waals surface area contributed by atoms with Crippen molar-refractivity contribution in [3.05, 3.63) is 24.4 Å². The molecule has 15 heavy (non-hydrogen) atoms. The van der Waals surface area contributed by atoms with Gasteiger partial charge in [-0.05, 0) is 32.4 Å². The van der Waals surface area contributed by atoms with Gasteiger partial charge in [0.2, 0.25) is 0 Å². The van der Waals surface area contributed by atoms with E-state index in [1.165, 1.54) is 0 Å². The van der Waals surface area contributed by atoms with Gasteiger partial charge in [-0.15, -0.1) is 0 Å². The van der Waals surface area contributed by atoms with E-state index in [1.54, 1.807) is 0 Å². The normalized spacial score (nSPS) is 20.3. The second kappa shape index (κ2) is 7.56. The number of nitrogens with zero attached hydrogens (tertiary/aromatic N) is 1. The fourth-order valence-corrected chi connectivity index (χ4v) is 1.76. The van der Waals surface area contributed by atoms with Crippen LogP contribution < -0.4 is 0 Å². The SMILES string of the molecule is CC.CC(C)C1C=CCC=CN1C(C)C. The average molecular weight is 209 g/mol. The quantitative estimate of drug-likeness (QED) is 0.615. The standard InChI is InChI=1S/C12H21N.C2H6/c1-10(2)12-8-6-5-7-9-13(12)11(3)4;1-2/h6-12H,5H2,1-4H3;1-2H3. The van der Waals surface area contributed by atoms with E-state index in [0.29, 0.717) is 18.0 Å². The van der Waals surface area contributed by atoms with Crippen molar-refractivity contribution in [2.24, 2.45) is 5.92 Å². The van der Waals surface area contributed by atoms with Crippen molar-refractivity contribution in [2.45, 2.75) is 60.0 Å². The summed E-state index contributed by atoms with van der Waals surface area (Å²) in [4.78, 5) is 2.44. The molecule has 0 aliphatic carbocycles. The second-order valence-electron chi connectivity index (χ2n) is 4.32. The van der Waals surface area contributed by atoms with E-state index in [9.17, 15) is 0 Å². The monoisotopic (exact) mass is 209 g/mol. The molecule has 1 aliphatic heterocycles. The Morgan fingerprint density at radius 1 is 1.07 bits per heavy atom. The van der Waals surface area contributed by atoms with E-state index in [2.05, 4.69) is 57.0 Å². The summed E-state index contributed by atoms with van der Waals surface area (Å²) in [5, 5.41) is 0. The average Bonchev–Trinajstić information content (AvgIpc) is 2.45. The van der Waals surface area contributed by atoms with Gasteiger partial charge < -0.3 is 4.90 Å². The summed E-state index contributed by atoms with van der Waals surface area (Å²) in [7, 11) is 0. The van der Waals surface area contributed by atoms with Gasteiger partial charge in [-0.3, -0.25) is 0 Å². The Morgan fingerprint density at radius 2 is 1.67 bits per heavy atom. The van der Waals surface area contributed by atoms with Crippen molar-refractivity contribution in [1.29, 1.82) is 0 Å². The van der Waals surface area contributed by atoms with Crippen LogP contribution in [0.2, 0.25) is 0 Å². The van der Waals surface area contributed by atoms with Gasteiger partial charge >= 0.3 is 0 Å². The van der Waals surface area contributed by atoms with E-state index in [-0.39, 0.29) is 0 Å². The molecule has 0 radical (unpaired) electrons. The first-order valence-electron chi connectivity index (χ1n) is 6.23. The maximum absolute atomic E-state index is 2.44. The summed E-state index contributed by atoms with van der Waals surface area (Å²) >= 11 is 0. The minimum Gasteiger partial charge on any atom is -0.369 e. The van der Waals surface area contributed by atoms with Crippen LogP contribution in [0.4, 0.5) is 0 Å². The molecule has 1 aliphatic rings. The van der Waals surface area contributed by atoms with Crippen LogP contribution in [-0.4, -0.2) is 17.0 Å². The predicted octanol–water partition coefficient (Wildman–Crippen LogP) is 4.22. The van der Waals surface area contributed by atoms with Gasteiger partial charge in [0, 0.05) is 12.1 Å². The van der Waals surface area contributed by atoms with Crippen molar-refractivity contribution in [3.63, 3.8) is 0 Å². The van der Waals surface area contributed by atoms with Gasteiger partial charge in [-0.25, -0.2) is 0 Å². The lowest BCUT2D eigenvalue weighted by molar-refractivity contribution is 0.220. The van der Waals surface area contributed by atoms with Gasteiger partial charge in [0.25, 0.3) is 0 Å². The maximum Gasteiger partial charge on any atom is 0.0493 e. The predicted molar refractivity (Wildman–Crippen MR) is 69.8 cm³/mol. The van der Waals surface area contributed by atoms with Crippen LogP contribution in [0.3, 0.4) is 0 Å². The molecule has 1 heteroatoms. The first-order valence-corrected chi connectivity index (χ1v) is 6.23. The molecule has 0 aromatic carbocycles. The number of rotatable bonds is 2. The van der Waals surface area contributed by atoms with Crippen LogP contribution in [-0.2, 0) is 0 Å². The van der Waals surface area contributed by atoms with E-state index in [4.69, 9.17) is 0 Å². The van der Waals surface area contributed by atoms with E-state index < -0.39 is 0 Å². The first kappa shape index (κ1) is 14.3. The van der Waals surface area contributed by atoms with Crippen LogP contribution in [0.15, 0.2) is 24.4 Å². The summed E-state index contributed by atoms with van der Waals surface area (Å²) in [5.74, 6) is 0.682. The van der Waals surface area contributed by atoms with Gasteiger partial charge in [-0.2, -0.15) is 0 Å². The van der Waals surface area contributed by atoms with Gasteiger partial charge in [0.15, 0.2) is 0 Å². The molecule has 0 amide bonds. The molecule has 0 aromatic rings.